The summed E-state index contributed by atoms with van der Waals surface area (Å²) >= 11 is 0. The van der Waals surface area contributed by atoms with Crippen LogP contribution in [0.5, 0.6) is 0 Å². The van der Waals surface area contributed by atoms with E-state index in [9.17, 15) is 4.79 Å². The maximum atomic E-state index is 12.1. The molecule has 1 atom stereocenters. The molecule has 0 aromatic heterocycles. The number of aryl methyl sites for hydroxylation is 1. The second-order valence-electron chi connectivity index (χ2n) is 4.94. The zero-order chi connectivity index (χ0) is 13.0. The Morgan fingerprint density at radius 2 is 2.22 bits per heavy atom. The second-order valence-corrected chi connectivity index (χ2v) is 4.94. The molecule has 0 N–H and O–H groups in total. The summed E-state index contributed by atoms with van der Waals surface area (Å²) in [6, 6.07) is 7.80. The first-order valence-electron chi connectivity index (χ1n) is 6.54. The van der Waals surface area contributed by atoms with E-state index in [4.69, 9.17) is 4.74 Å². The Kier molecular flexibility index (Phi) is 4.50. The van der Waals surface area contributed by atoms with Crippen LogP contribution in [0.15, 0.2) is 24.3 Å². The number of methoxy groups -OCH3 is 1. The first-order valence-corrected chi connectivity index (χ1v) is 6.54. The SMILES string of the molecule is COC1CCN(CCC(=O)c2ccccc2C)C1. The monoisotopic (exact) mass is 247 g/mol. The molecule has 1 aliphatic heterocycles. The van der Waals surface area contributed by atoms with E-state index in [-0.39, 0.29) is 5.78 Å². The quantitative estimate of drug-likeness (QED) is 0.748. The smallest absolute Gasteiger partial charge is 0.164 e. The van der Waals surface area contributed by atoms with Gasteiger partial charge >= 0.3 is 0 Å². The lowest BCUT2D eigenvalue weighted by molar-refractivity contribution is 0.0943. The van der Waals surface area contributed by atoms with Crippen molar-refractivity contribution in [2.24, 2.45) is 0 Å². The summed E-state index contributed by atoms with van der Waals surface area (Å²) in [6.07, 6.45) is 2.02. The summed E-state index contributed by atoms with van der Waals surface area (Å²) in [5.74, 6) is 0.244. The summed E-state index contributed by atoms with van der Waals surface area (Å²) < 4.78 is 5.33. The molecule has 2 rings (SSSR count). The molecule has 0 radical (unpaired) electrons. The molecule has 98 valence electrons. The van der Waals surface area contributed by atoms with Crippen LogP contribution in [0.2, 0.25) is 0 Å². The number of benzene rings is 1. The first-order chi connectivity index (χ1) is 8.70. The minimum atomic E-state index is 0.244. The van der Waals surface area contributed by atoms with Gasteiger partial charge in [0.25, 0.3) is 0 Å². The van der Waals surface area contributed by atoms with Crippen molar-refractivity contribution < 1.29 is 9.53 Å². The average molecular weight is 247 g/mol. The molecule has 1 aromatic carbocycles. The summed E-state index contributed by atoms with van der Waals surface area (Å²) in [4.78, 5) is 14.4. The number of rotatable bonds is 5. The normalized spacial score (nSPS) is 20.2. The fourth-order valence-corrected chi connectivity index (χ4v) is 2.47. The van der Waals surface area contributed by atoms with Gasteiger partial charge in [0.15, 0.2) is 5.78 Å². The predicted octanol–water partition coefficient (Wildman–Crippen LogP) is 2.29. The van der Waals surface area contributed by atoms with Crippen LogP contribution in [-0.4, -0.2) is 43.5 Å². The lowest BCUT2D eigenvalue weighted by atomic mass is 10.0. The molecular formula is C15H21NO2. The Morgan fingerprint density at radius 1 is 1.44 bits per heavy atom. The Labute approximate surface area is 109 Å². The van der Waals surface area contributed by atoms with Crippen LogP contribution in [0.4, 0.5) is 0 Å². The molecule has 0 bridgehead atoms. The van der Waals surface area contributed by atoms with Gasteiger partial charge in [-0.2, -0.15) is 0 Å². The van der Waals surface area contributed by atoms with E-state index in [0.717, 1.165) is 37.2 Å². The third-order valence-corrected chi connectivity index (χ3v) is 3.66. The highest BCUT2D eigenvalue weighted by atomic mass is 16.5. The van der Waals surface area contributed by atoms with Gasteiger partial charge in [-0.15, -0.1) is 0 Å². The molecular weight excluding hydrogens is 226 g/mol. The van der Waals surface area contributed by atoms with E-state index in [2.05, 4.69) is 4.90 Å². The standard InChI is InChI=1S/C15H21NO2/c1-12-5-3-4-6-14(12)15(17)8-10-16-9-7-13(11-16)18-2/h3-6,13H,7-11H2,1-2H3. The van der Waals surface area contributed by atoms with Crippen molar-refractivity contribution in [3.05, 3.63) is 35.4 Å². The number of Topliss-reactive ketones (excluding diaryl/α,β-unsaturated/α-hetero) is 1. The topological polar surface area (TPSA) is 29.5 Å². The first kappa shape index (κ1) is 13.2. The van der Waals surface area contributed by atoms with Crippen LogP contribution in [0.3, 0.4) is 0 Å². The molecule has 3 heteroatoms. The number of hydrogen-bond acceptors (Lipinski definition) is 3. The number of carbonyl (C=O) groups excluding carboxylic acids is 1. The van der Waals surface area contributed by atoms with E-state index in [1.165, 1.54) is 0 Å². The van der Waals surface area contributed by atoms with Gasteiger partial charge in [0.05, 0.1) is 6.10 Å². The van der Waals surface area contributed by atoms with Gasteiger partial charge in [-0.3, -0.25) is 4.79 Å². The average Bonchev–Trinajstić information content (AvgIpc) is 2.84. The largest absolute Gasteiger partial charge is 0.380 e. The number of ketones is 1. The minimum absolute atomic E-state index is 0.244. The summed E-state index contributed by atoms with van der Waals surface area (Å²) in [5.41, 5.74) is 1.93. The van der Waals surface area contributed by atoms with E-state index in [1.807, 2.05) is 31.2 Å². The highest BCUT2D eigenvalue weighted by Crippen LogP contribution is 2.14. The van der Waals surface area contributed by atoms with E-state index in [0.29, 0.717) is 12.5 Å². The lowest BCUT2D eigenvalue weighted by Gasteiger charge is -2.15. The summed E-state index contributed by atoms with van der Waals surface area (Å²) in [7, 11) is 1.76. The fraction of sp³-hybridized carbons (Fsp3) is 0.533. The summed E-state index contributed by atoms with van der Waals surface area (Å²) in [5, 5.41) is 0. The fourth-order valence-electron chi connectivity index (χ4n) is 2.47. The third kappa shape index (κ3) is 3.18. The Balaban J connectivity index is 1.84. The number of ether oxygens (including phenoxy) is 1. The van der Waals surface area contributed by atoms with E-state index < -0.39 is 0 Å². The molecule has 1 aromatic rings. The molecule has 0 aliphatic carbocycles. The van der Waals surface area contributed by atoms with Crippen LogP contribution >= 0.6 is 0 Å². The highest BCUT2D eigenvalue weighted by Gasteiger charge is 2.22. The number of carbonyl (C=O) groups is 1. The van der Waals surface area contributed by atoms with Gasteiger partial charge in [-0.1, -0.05) is 24.3 Å². The van der Waals surface area contributed by atoms with E-state index in [1.54, 1.807) is 7.11 Å². The maximum absolute atomic E-state index is 12.1. The second kappa shape index (κ2) is 6.12. The molecule has 0 amide bonds. The molecule has 18 heavy (non-hydrogen) atoms. The van der Waals surface area contributed by atoms with Gasteiger partial charge in [-0.25, -0.2) is 0 Å². The number of nitrogens with zero attached hydrogens (tertiary/aromatic N) is 1. The van der Waals surface area contributed by atoms with Crippen LogP contribution in [-0.2, 0) is 4.74 Å². The Morgan fingerprint density at radius 3 is 2.89 bits per heavy atom. The predicted molar refractivity (Wildman–Crippen MR) is 72.0 cm³/mol. The molecule has 1 fully saturated rings. The van der Waals surface area contributed by atoms with Crippen molar-refractivity contribution in [3.8, 4) is 0 Å². The van der Waals surface area contributed by atoms with Crippen LogP contribution in [0.1, 0.15) is 28.8 Å². The van der Waals surface area contributed by atoms with Crippen molar-refractivity contribution in [1.82, 2.24) is 4.90 Å². The van der Waals surface area contributed by atoms with Crippen molar-refractivity contribution in [2.45, 2.75) is 25.9 Å². The van der Waals surface area contributed by atoms with Gasteiger partial charge in [0.2, 0.25) is 0 Å². The molecule has 3 nitrogen and oxygen atoms in total. The summed E-state index contributed by atoms with van der Waals surface area (Å²) in [6.45, 7) is 4.83. The number of hydrogen-bond donors (Lipinski definition) is 0. The van der Waals surface area contributed by atoms with Gasteiger partial charge in [0, 0.05) is 38.7 Å². The van der Waals surface area contributed by atoms with Crippen molar-refractivity contribution >= 4 is 5.78 Å². The van der Waals surface area contributed by atoms with Crippen LogP contribution in [0, 0.1) is 6.92 Å². The van der Waals surface area contributed by atoms with Crippen molar-refractivity contribution in [1.29, 1.82) is 0 Å². The molecule has 0 saturated carbocycles. The Bertz CT molecular complexity index is 417. The molecule has 0 spiro atoms. The molecule has 1 unspecified atom stereocenters. The van der Waals surface area contributed by atoms with Gasteiger partial charge in [0.1, 0.15) is 0 Å². The van der Waals surface area contributed by atoms with Crippen LogP contribution in [0.25, 0.3) is 0 Å². The van der Waals surface area contributed by atoms with Crippen molar-refractivity contribution in [2.75, 3.05) is 26.7 Å². The molecule has 1 heterocycles. The highest BCUT2D eigenvalue weighted by molar-refractivity contribution is 5.97. The Hall–Kier alpha value is -1.19. The maximum Gasteiger partial charge on any atom is 0.164 e. The van der Waals surface area contributed by atoms with Crippen LogP contribution < -0.4 is 0 Å². The van der Waals surface area contributed by atoms with Gasteiger partial charge in [-0.05, 0) is 18.9 Å². The van der Waals surface area contributed by atoms with E-state index >= 15 is 0 Å². The number of likely N-dealkylation sites (tertiary alicyclic amines) is 1. The zero-order valence-corrected chi connectivity index (χ0v) is 11.2. The molecule has 1 aliphatic rings. The van der Waals surface area contributed by atoms with Gasteiger partial charge < -0.3 is 9.64 Å². The van der Waals surface area contributed by atoms with Crippen molar-refractivity contribution in [3.63, 3.8) is 0 Å². The minimum Gasteiger partial charge on any atom is -0.380 e. The molecule has 1 saturated heterocycles. The lowest BCUT2D eigenvalue weighted by Crippen LogP contribution is -2.25. The zero-order valence-electron chi connectivity index (χ0n) is 11.2. The third-order valence-electron chi connectivity index (χ3n) is 3.66.